The summed E-state index contributed by atoms with van der Waals surface area (Å²) in [6, 6.07) is 6.58. The fraction of sp³-hybridized carbons (Fsp3) is 0.0769. The van der Waals surface area contributed by atoms with Crippen molar-refractivity contribution in [3.8, 4) is 11.5 Å². The quantitative estimate of drug-likeness (QED) is 0.668. The van der Waals surface area contributed by atoms with E-state index in [1.54, 1.807) is 18.2 Å². The molecule has 0 unspecified atom stereocenters. The Morgan fingerprint density at radius 1 is 1.33 bits per heavy atom. The zero-order valence-electron chi connectivity index (χ0n) is 10.7. The molecular formula is C13H10FN5O2. The lowest BCUT2D eigenvalue weighted by molar-refractivity contribution is 0.174. The summed E-state index contributed by atoms with van der Waals surface area (Å²) in [5.41, 5.74) is 6.54. The molecule has 0 amide bonds. The minimum Gasteiger partial charge on any atom is -0.454 e. The van der Waals surface area contributed by atoms with Crippen LogP contribution in [0, 0.1) is 5.82 Å². The van der Waals surface area contributed by atoms with Gasteiger partial charge in [0.25, 0.3) is 0 Å². The van der Waals surface area contributed by atoms with Gasteiger partial charge in [0, 0.05) is 0 Å². The van der Waals surface area contributed by atoms with Gasteiger partial charge in [0.15, 0.2) is 28.8 Å². The Bertz CT molecular complexity index is 848. The lowest BCUT2D eigenvalue weighted by atomic mass is 10.2. The van der Waals surface area contributed by atoms with Crippen LogP contribution >= 0.6 is 0 Å². The van der Waals surface area contributed by atoms with Crippen molar-refractivity contribution in [1.82, 2.24) is 15.2 Å². The highest BCUT2D eigenvalue weighted by Gasteiger charge is 2.19. The summed E-state index contributed by atoms with van der Waals surface area (Å²) >= 11 is 0. The number of nitrogen functional groups attached to an aromatic ring is 1. The number of aromatic nitrogens is 3. The second-order valence-electron chi connectivity index (χ2n) is 4.49. The topological polar surface area (TPSA) is 98.1 Å². The largest absolute Gasteiger partial charge is 0.454 e. The average molecular weight is 287 g/mol. The number of benzene rings is 1. The molecule has 0 fully saturated rings. The minimum atomic E-state index is -0.535. The summed E-state index contributed by atoms with van der Waals surface area (Å²) < 4.78 is 24.7. The van der Waals surface area contributed by atoms with Gasteiger partial charge in [-0.2, -0.15) is 5.10 Å². The van der Waals surface area contributed by atoms with E-state index in [4.69, 9.17) is 15.2 Å². The van der Waals surface area contributed by atoms with Gasteiger partial charge < -0.3 is 20.5 Å². The van der Waals surface area contributed by atoms with Crippen molar-refractivity contribution in [2.45, 2.75) is 0 Å². The van der Waals surface area contributed by atoms with Gasteiger partial charge in [-0.3, -0.25) is 5.10 Å². The summed E-state index contributed by atoms with van der Waals surface area (Å²) in [4.78, 5) is 4.11. The van der Waals surface area contributed by atoms with Crippen LogP contribution in [0.3, 0.4) is 0 Å². The minimum absolute atomic E-state index is 0.0397. The number of hydrogen-bond acceptors (Lipinski definition) is 6. The van der Waals surface area contributed by atoms with E-state index >= 15 is 0 Å². The number of anilines is 3. The fourth-order valence-electron chi connectivity index (χ4n) is 2.18. The molecule has 1 aliphatic heterocycles. The number of ether oxygens (including phenoxy) is 2. The maximum Gasteiger partial charge on any atom is 0.231 e. The van der Waals surface area contributed by atoms with Gasteiger partial charge in [-0.25, -0.2) is 9.37 Å². The van der Waals surface area contributed by atoms with Crippen LogP contribution in [0.25, 0.3) is 11.0 Å². The van der Waals surface area contributed by atoms with Crippen molar-refractivity contribution in [3.05, 3.63) is 30.1 Å². The highest BCUT2D eigenvalue weighted by Crippen LogP contribution is 2.40. The van der Waals surface area contributed by atoms with Crippen LogP contribution < -0.4 is 20.5 Å². The number of hydrogen-bond donors (Lipinski definition) is 3. The summed E-state index contributed by atoms with van der Waals surface area (Å²) in [7, 11) is 0. The molecular weight excluding hydrogens is 277 g/mol. The fourth-order valence-corrected chi connectivity index (χ4v) is 2.18. The second kappa shape index (κ2) is 4.23. The molecule has 21 heavy (non-hydrogen) atoms. The number of pyridine rings is 1. The average Bonchev–Trinajstić information content (AvgIpc) is 3.08. The van der Waals surface area contributed by atoms with Crippen LogP contribution in [-0.4, -0.2) is 22.0 Å². The van der Waals surface area contributed by atoms with Crippen LogP contribution in [0.15, 0.2) is 24.3 Å². The van der Waals surface area contributed by atoms with Gasteiger partial charge in [-0.1, -0.05) is 6.07 Å². The molecule has 2 aromatic heterocycles. The number of nitrogens with one attached hydrogen (secondary N) is 2. The van der Waals surface area contributed by atoms with Crippen molar-refractivity contribution in [2.75, 3.05) is 17.8 Å². The number of aromatic amines is 1. The first-order valence-electron chi connectivity index (χ1n) is 6.18. The van der Waals surface area contributed by atoms with E-state index < -0.39 is 5.82 Å². The molecule has 7 nitrogen and oxygen atoms in total. The molecule has 4 rings (SSSR count). The normalized spacial score (nSPS) is 12.8. The van der Waals surface area contributed by atoms with Gasteiger partial charge >= 0.3 is 0 Å². The van der Waals surface area contributed by atoms with E-state index in [0.29, 0.717) is 28.2 Å². The smallest absolute Gasteiger partial charge is 0.231 e. The summed E-state index contributed by atoms with van der Waals surface area (Å²) in [5, 5.41) is 9.80. The van der Waals surface area contributed by atoms with Gasteiger partial charge in [0.1, 0.15) is 5.82 Å². The first-order valence-corrected chi connectivity index (χ1v) is 6.18. The van der Waals surface area contributed by atoms with Crippen molar-refractivity contribution in [3.63, 3.8) is 0 Å². The Morgan fingerprint density at radius 3 is 3.14 bits per heavy atom. The molecule has 1 aliphatic rings. The molecule has 1 aromatic carbocycles. The summed E-state index contributed by atoms with van der Waals surface area (Å²) in [6.45, 7) is 0.138. The van der Waals surface area contributed by atoms with E-state index in [9.17, 15) is 4.39 Å². The van der Waals surface area contributed by atoms with Gasteiger partial charge in [-0.15, -0.1) is 0 Å². The Hall–Kier alpha value is -3.03. The van der Waals surface area contributed by atoms with E-state index in [-0.39, 0.29) is 18.4 Å². The lowest BCUT2D eigenvalue weighted by Gasteiger charge is -2.09. The summed E-state index contributed by atoms with van der Waals surface area (Å²) in [5.74, 6) is 0.913. The molecule has 8 heteroatoms. The zero-order valence-corrected chi connectivity index (χ0v) is 10.7. The van der Waals surface area contributed by atoms with Crippen LogP contribution in [0.1, 0.15) is 0 Å². The van der Waals surface area contributed by atoms with Crippen LogP contribution in [-0.2, 0) is 0 Å². The lowest BCUT2D eigenvalue weighted by Crippen LogP contribution is -1.99. The molecule has 3 heterocycles. The van der Waals surface area contributed by atoms with Crippen LogP contribution in [0.2, 0.25) is 0 Å². The molecule has 0 aliphatic carbocycles. The number of rotatable bonds is 2. The summed E-state index contributed by atoms with van der Waals surface area (Å²) in [6.07, 6.45) is 0. The van der Waals surface area contributed by atoms with Gasteiger partial charge in [0.2, 0.25) is 6.79 Å². The monoisotopic (exact) mass is 287 g/mol. The van der Waals surface area contributed by atoms with Crippen molar-refractivity contribution in [1.29, 1.82) is 0 Å². The Labute approximate surface area is 117 Å². The first kappa shape index (κ1) is 11.8. The number of fused-ring (bicyclic) bond motifs is 2. The molecule has 106 valence electrons. The number of nitrogens with two attached hydrogens (primary N) is 1. The van der Waals surface area contributed by atoms with Gasteiger partial charge in [-0.05, 0) is 18.2 Å². The maximum absolute atomic E-state index is 14.1. The van der Waals surface area contributed by atoms with Crippen LogP contribution in [0.5, 0.6) is 11.5 Å². The van der Waals surface area contributed by atoms with Crippen molar-refractivity contribution >= 4 is 28.4 Å². The van der Waals surface area contributed by atoms with E-state index in [1.807, 2.05) is 0 Å². The number of H-pyrrole nitrogens is 1. The van der Waals surface area contributed by atoms with Crippen molar-refractivity contribution in [2.24, 2.45) is 0 Å². The standard InChI is InChI=1S/C13H10FN5O2/c14-7-4-6-11(15)18-19-12(6)17-13(7)16-8-2-1-3-9-10(8)21-5-20-9/h1-4H,5H2,(H4,15,16,17,18,19). The Morgan fingerprint density at radius 2 is 2.24 bits per heavy atom. The van der Waals surface area contributed by atoms with Crippen LogP contribution in [0.4, 0.5) is 21.7 Å². The van der Waals surface area contributed by atoms with Gasteiger partial charge in [0.05, 0.1) is 11.1 Å². The number of para-hydroxylation sites is 1. The molecule has 0 atom stereocenters. The third-order valence-corrected chi connectivity index (χ3v) is 3.18. The third kappa shape index (κ3) is 1.80. The number of nitrogens with zero attached hydrogens (tertiary/aromatic N) is 2. The molecule has 0 radical (unpaired) electrons. The Balaban J connectivity index is 1.78. The van der Waals surface area contributed by atoms with E-state index in [1.165, 1.54) is 6.07 Å². The highest BCUT2D eigenvalue weighted by atomic mass is 19.1. The molecule has 0 saturated heterocycles. The third-order valence-electron chi connectivity index (χ3n) is 3.18. The predicted octanol–water partition coefficient (Wildman–Crippen LogP) is 2.15. The molecule has 0 spiro atoms. The second-order valence-corrected chi connectivity index (χ2v) is 4.49. The number of halogens is 1. The molecule has 0 bridgehead atoms. The highest BCUT2D eigenvalue weighted by molar-refractivity contribution is 5.87. The predicted molar refractivity (Wildman–Crippen MR) is 74.1 cm³/mol. The SMILES string of the molecule is Nc1[nH]nc2nc(Nc3cccc4c3OCO4)c(F)cc12. The first-order chi connectivity index (χ1) is 10.2. The van der Waals surface area contributed by atoms with E-state index in [0.717, 1.165) is 0 Å². The molecule has 3 aromatic rings. The molecule has 4 N–H and O–H groups in total. The Kier molecular flexibility index (Phi) is 2.37. The van der Waals surface area contributed by atoms with Crippen molar-refractivity contribution < 1.29 is 13.9 Å². The zero-order chi connectivity index (χ0) is 14.4. The molecule has 0 saturated carbocycles. The van der Waals surface area contributed by atoms with E-state index in [2.05, 4.69) is 20.5 Å². The maximum atomic E-state index is 14.1.